The second-order valence-electron chi connectivity index (χ2n) is 2.83. The Kier molecular flexibility index (Phi) is 4.76. The van der Waals surface area contributed by atoms with Gasteiger partial charge >= 0.3 is 79.6 Å². The Morgan fingerprint density at radius 2 is 1.62 bits per heavy atom. The molecule has 0 fully saturated rings. The van der Waals surface area contributed by atoms with Crippen molar-refractivity contribution in [2.45, 2.75) is 13.8 Å². The van der Waals surface area contributed by atoms with E-state index in [9.17, 15) is 13.3 Å². The van der Waals surface area contributed by atoms with Crippen molar-refractivity contribution >= 4 is 18.0 Å². The predicted octanol–water partition coefficient (Wildman–Crippen LogP) is 0.549. The fraction of sp³-hybridized carbons (Fsp3) is 1.00. The summed E-state index contributed by atoms with van der Waals surface area (Å²) < 4.78 is 31.1. The molecule has 0 aliphatic heterocycles. The van der Waals surface area contributed by atoms with E-state index in [0.29, 0.717) is 0 Å². The van der Waals surface area contributed by atoms with Gasteiger partial charge in [0.05, 0.1) is 0 Å². The number of hydrogen-bond acceptors (Lipinski definition) is 5. The van der Waals surface area contributed by atoms with E-state index in [1.165, 1.54) is 6.66 Å². The third-order valence-corrected chi connectivity index (χ3v) is 6.68. The standard InChI is InChI=1S/C6H17O5PS/c1-4-10-12(3,7,11-5-2)6-13(8)9/h7,13H,4-6H2,1-3H3. The molecule has 0 amide bonds. The van der Waals surface area contributed by atoms with Gasteiger partial charge in [0.15, 0.2) is 0 Å². The number of rotatable bonds is 6. The van der Waals surface area contributed by atoms with Gasteiger partial charge in [-0.15, -0.1) is 0 Å². The zero-order valence-electron chi connectivity index (χ0n) is 8.10. The van der Waals surface area contributed by atoms with Crippen molar-refractivity contribution in [3.63, 3.8) is 0 Å². The molecule has 0 aliphatic rings. The second kappa shape index (κ2) is 4.66. The Labute approximate surface area is 80.2 Å². The Balaban J connectivity index is 4.66. The molecule has 0 atom stereocenters. The van der Waals surface area contributed by atoms with E-state index >= 15 is 0 Å². The third kappa shape index (κ3) is 4.88. The molecular formula is C6H17O5PS. The van der Waals surface area contributed by atoms with Crippen molar-refractivity contribution in [1.82, 2.24) is 0 Å². The fourth-order valence-corrected chi connectivity index (χ4v) is 5.18. The van der Waals surface area contributed by atoms with Crippen molar-refractivity contribution in [2.75, 3.05) is 25.4 Å². The summed E-state index contributed by atoms with van der Waals surface area (Å²) >= 11 is 0. The van der Waals surface area contributed by atoms with Crippen LogP contribution in [0, 0.1) is 0 Å². The van der Waals surface area contributed by atoms with Crippen molar-refractivity contribution in [2.24, 2.45) is 0 Å². The molecule has 0 aromatic heterocycles. The van der Waals surface area contributed by atoms with E-state index in [1.807, 2.05) is 0 Å². The number of thiol groups is 1. The van der Waals surface area contributed by atoms with Crippen LogP contribution in [0.3, 0.4) is 0 Å². The molecule has 0 aliphatic carbocycles. The molecule has 0 saturated carbocycles. The Morgan fingerprint density at radius 3 is 1.85 bits per heavy atom. The normalized spacial score (nSPS) is 15.6. The van der Waals surface area contributed by atoms with Crippen LogP contribution in [0.4, 0.5) is 0 Å². The van der Waals surface area contributed by atoms with Gasteiger partial charge in [-0.25, -0.2) is 0 Å². The zero-order chi connectivity index (χ0) is 10.6. The van der Waals surface area contributed by atoms with Gasteiger partial charge in [-0.3, -0.25) is 0 Å². The molecule has 0 aromatic carbocycles. The van der Waals surface area contributed by atoms with E-state index in [4.69, 9.17) is 9.05 Å². The van der Waals surface area contributed by atoms with Crippen LogP contribution in [0.15, 0.2) is 0 Å². The van der Waals surface area contributed by atoms with Gasteiger partial charge in [0.1, 0.15) is 0 Å². The molecule has 0 unspecified atom stereocenters. The molecule has 0 rings (SSSR count). The molecule has 0 spiro atoms. The summed E-state index contributed by atoms with van der Waals surface area (Å²) in [5, 5.41) is 0. The van der Waals surface area contributed by atoms with Crippen LogP contribution in [0.2, 0.25) is 0 Å². The number of hydrogen-bond donors (Lipinski definition) is 2. The van der Waals surface area contributed by atoms with Crippen molar-refractivity contribution in [3.8, 4) is 0 Å². The SMILES string of the molecule is CCOP(C)(O)(C[SH](=O)=O)OCC. The first-order valence-corrected chi connectivity index (χ1v) is 8.02. The Morgan fingerprint density at radius 1 is 1.23 bits per heavy atom. The first-order chi connectivity index (χ1) is 5.82. The van der Waals surface area contributed by atoms with Crippen LogP contribution in [0.25, 0.3) is 0 Å². The minimum atomic E-state index is -3.88. The molecule has 0 radical (unpaired) electrons. The molecule has 82 valence electrons. The predicted molar refractivity (Wildman–Crippen MR) is 53.5 cm³/mol. The molecular weight excluding hydrogens is 215 g/mol. The van der Waals surface area contributed by atoms with E-state index in [1.54, 1.807) is 13.8 Å². The van der Waals surface area contributed by atoms with Crippen molar-refractivity contribution in [3.05, 3.63) is 0 Å². The van der Waals surface area contributed by atoms with Crippen LogP contribution in [0.5, 0.6) is 0 Å². The summed E-state index contributed by atoms with van der Waals surface area (Å²) in [7, 11) is -6.58. The summed E-state index contributed by atoms with van der Waals surface area (Å²) in [6, 6.07) is 0. The Bertz CT molecular complexity index is 219. The second-order valence-corrected chi connectivity index (χ2v) is 8.18. The van der Waals surface area contributed by atoms with Gasteiger partial charge in [0.2, 0.25) is 0 Å². The molecule has 0 bridgehead atoms. The van der Waals surface area contributed by atoms with Crippen molar-refractivity contribution in [1.29, 1.82) is 0 Å². The third-order valence-electron chi connectivity index (χ3n) is 1.36. The van der Waals surface area contributed by atoms with Crippen LogP contribution < -0.4 is 0 Å². The molecule has 0 aromatic rings. The summed E-state index contributed by atoms with van der Waals surface area (Å²) in [5.74, 6) is 0. The van der Waals surface area contributed by atoms with Crippen LogP contribution in [-0.4, -0.2) is 38.7 Å². The molecule has 5 nitrogen and oxygen atoms in total. The van der Waals surface area contributed by atoms with E-state index < -0.39 is 23.5 Å². The van der Waals surface area contributed by atoms with Crippen LogP contribution in [0.1, 0.15) is 13.8 Å². The van der Waals surface area contributed by atoms with Crippen LogP contribution in [-0.2, 0) is 19.8 Å². The molecule has 0 heterocycles. The maximum atomic E-state index is 10.5. The zero-order valence-corrected chi connectivity index (χ0v) is 9.88. The minimum absolute atomic E-state index is 0.230. The first-order valence-electron chi connectivity index (χ1n) is 4.00. The average molecular weight is 232 g/mol. The molecule has 1 N–H and O–H groups in total. The summed E-state index contributed by atoms with van der Waals surface area (Å²) in [6.45, 7) is 5.15. The van der Waals surface area contributed by atoms with Gasteiger partial charge in [0.25, 0.3) is 0 Å². The molecule has 13 heavy (non-hydrogen) atoms. The van der Waals surface area contributed by atoms with E-state index in [0.717, 1.165) is 0 Å². The molecule has 0 saturated heterocycles. The van der Waals surface area contributed by atoms with Gasteiger partial charge in [-0.05, 0) is 0 Å². The van der Waals surface area contributed by atoms with Gasteiger partial charge in [-0.1, -0.05) is 0 Å². The van der Waals surface area contributed by atoms with Gasteiger partial charge in [0, 0.05) is 0 Å². The molecule has 7 heteroatoms. The quantitative estimate of drug-likeness (QED) is 0.517. The van der Waals surface area contributed by atoms with Gasteiger partial charge < -0.3 is 0 Å². The van der Waals surface area contributed by atoms with Crippen LogP contribution >= 0.6 is 7.28 Å². The maximum absolute atomic E-state index is 10.5. The first kappa shape index (κ1) is 13.3. The van der Waals surface area contributed by atoms with Gasteiger partial charge in [-0.2, -0.15) is 0 Å². The van der Waals surface area contributed by atoms with E-state index in [2.05, 4.69) is 0 Å². The topological polar surface area (TPSA) is 72.8 Å². The fourth-order valence-electron chi connectivity index (χ4n) is 1.04. The average Bonchev–Trinajstić information content (AvgIpc) is 1.82. The monoisotopic (exact) mass is 232 g/mol. The summed E-state index contributed by atoms with van der Waals surface area (Å²) in [4.78, 5) is 9.95. The summed E-state index contributed by atoms with van der Waals surface area (Å²) in [5.41, 5.74) is -0.442. The van der Waals surface area contributed by atoms with Crippen molar-refractivity contribution < 1.29 is 22.4 Å². The Hall–Kier alpha value is 0.260. The van der Waals surface area contributed by atoms with E-state index in [-0.39, 0.29) is 13.2 Å². The summed E-state index contributed by atoms with van der Waals surface area (Å²) in [6.07, 6.45) is 0.